The molecule has 3 rings (SSSR count). The summed E-state index contributed by atoms with van der Waals surface area (Å²) < 4.78 is 5.39. The van der Waals surface area contributed by atoms with Crippen molar-refractivity contribution in [1.82, 2.24) is 0 Å². The van der Waals surface area contributed by atoms with Gasteiger partial charge in [-0.15, -0.1) is 0 Å². The van der Waals surface area contributed by atoms with Gasteiger partial charge in [0.25, 0.3) is 5.91 Å². The number of rotatable bonds is 5. The first-order valence-corrected chi connectivity index (χ1v) is 8.35. The number of carbonyl (C=O) groups is 1. The molecule has 1 N–H and O–H groups in total. The zero-order valence-electron chi connectivity index (χ0n) is 14.4. The molecule has 0 spiro atoms. The van der Waals surface area contributed by atoms with Crippen LogP contribution < -0.4 is 10.1 Å². The Bertz CT molecular complexity index is 993. The number of hydrogen-bond donors (Lipinski definition) is 1. The minimum atomic E-state index is -0.433. The van der Waals surface area contributed by atoms with Crippen LogP contribution >= 0.6 is 0 Å². The predicted molar refractivity (Wildman–Crippen MR) is 104 cm³/mol. The van der Waals surface area contributed by atoms with Gasteiger partial charge in [0.05, 0.1) is 6.61 Å². The minimum absolute atomic E-state index is 0.0436. The predicted octanol–water partition coefficient (Wildman–Crippen LogP) is 4.78. The van der Waals surface area contributed by atoms with E-state index in [1.165, 1.54) is 0 Å². The van der Waals surface area contributed by atoms with Gasteiger partial charge >= 0.3 is 0 Å². The van der Waals surface area contributed by atoms with Gasteiger partial charge in [-0.25, -0.2) is 0 Å². The van der Waals surface area contributed by atoms with Crippen molar-refractivity contribution < 1.29 is 9.53 Å². The molecule has 128 valence electrons. The molecule has 0 aliphatic carbocycles. The topological polar surface area (TPSA) is 62.1 Å². The van der Waals surface area contributed by atoms with E-state index in [0.29, 0.717) is 12.3 Å². The molecule has 3 aromatic rings. The first kappa shape index (κ1) is 17.2. The second-order valence-electron chi connectivity index (χ2n) is 5.65. The van der Waals surface area contributed by atoms with E-state index in [9.17, 15) is 10.1 Å². The lowest BCUT2D eigenvalue weighted by Gasteiger charge is -2.08. The van der Waals surface area contributed by atoms with Crippen LogP contribution in [-0.2, 0) is 4.79 Å². The molecule has 0 aliphatic heterocycles. The van der Waals surface area contributed by atoms with Crippen molar-refractivity contribution in [2.45, 2.75) is 6.92 Å². The van der Waals surface area contributed by atoms with E-state index in [4.69, 9.17) is 4.74 Å². The largest absolute Gasteiger partial charge is 0.494 e. The fourth-order valence-corrected chi connectivity index (χ4v) is 2.67. The first-order valence-electron chi connectivity index (χ1n) is 8.35. The van der Waals surface area contributed by atoms with Crippen LogP contribution in [0.25, 0.3) is 16.8 Å². The Morgan fingerprint density at radius 2 is 1.81 bits per heavy atom. The molecule has 0 aliphatic rings. The Morgan fingerprint density at radius 3 is 2.54 bits per heavy atom. The summed E-state index contributed by atoms with van der Waals surface area (Å²) in [5.41, 5.74) is 1.49. The average molecular weight is 342 g/mol. The lowest BCUT2D eigenvalue weighted by molar-refractivity contribution is -0.112. The maximum atomic E-state index is 12.5. The molecule has 0 saturated carbocycles. The molecule has 0 aromatic heterocycles. The van der Waals surface area contributed by atoms with Crippen molar-refractivity contribution in [3.63, 3.8) is 0 Å². The second kappa shape index (κ2) is 8.00. The number of nitrogens with one attached hydrogen (secondary N) is 1. The van der Waals surface area contributed by atoms with E-state index in [0.717, 1.165) is 22.1 Å². The van der Waals surface area contributed by atoms with Crippen LogP contribution in [0.3, 0.4) is 0 Å². The van der Waals surface area contributed by atoms with E-state index in [1.807, 2.05) is 79.7 Å². The minimum Gasteiger partial charge on any atom is -0.494 e. The number of carbonyl (C=O) groups excluding carboxylic acids is 1. The van der Waals surface area contributed by atoms with Gasteiger partial charge < -0.3 is 10.1 Å². The molecule has 0 fully saturated rings. The summed E-state index contributed by atoms with van der Waals surface area (Å²) in [6.45, 7) is 2.51. The van der Waals surface area contributed by atoms with E-state index >= 15 is 0 Å². The molecular formula is C22H18N2O2. The standard InChI is InChI=1S/C22H18N2O2/c1-2-26-19-12-10-16(11-13-19)14-18(15-23)22(25)24-21-9-5-7-17-6-3-4-8-20(17)21/h3-14H,2H2,1H3,(H,24,25)/b18-14+. The smallest absolute Gasteiger partial charge is 0.266 e. The highest BCUT2D eigenvalue weighted by Crippen LogP contribution is 2.23. The lowest BCUT2D eigenvalue weighted by Crippen LogP contribution is -2.13. The van der Waals surface area contributed by atoms with Crippen molar-refractivity contribution in [3.8, 4) is 11.8 Å². The Morgan fingerprint density at radius 1 is 1.08 bits per heavy atom. The third-order valence-corrected chi connectivity index (χ3v) is 3.91. The maximum absolute atomic E-state index is 12.5. The van der Waals surface area contributed by atoms with Gasteiger partial charge in [0.15, 0.2) is 0 Å². The Labute approximate surface area is 152 Å². The summed E-state index contributed by atoms with van der Waals surface area (Å²) in [5.74, 6) is 0.320. The van der Waals surface area contributed by atoms with Crippen LogP contribution in [0.1, 0.15) is 12.5 Å². The Kier molecular flexibility index (Phi) is 5.31. The third-order valence-electron chi connectivity index (χ3n) is 3.91. The third kappa shape index (κ3) is 3.90. The number of nitrogens with zero attached hydrogens (tertiary/aromatic N) is 1. The molecule has 0 unspecified atom stereocenters. The van der Waals surface area contributed by atoms with Gasteiger partial charge in [-0.1, -0.05) is 48.5 Å². The molecule has 3 aromatic carbocycles. The number of hydrogen-bond acceptors (Lipinski definition) is 3. The van der Waals surface area contributed by atoms with Crippen molar-refractivity contribution in [3.05, 3.63) is 77.9 Å². The number of amides is 1. The SMILES string of the molecule is CCOc1ccc(/C=C(\C#N)C(=O)Nc2cccc3ccccc23)cc1. The number of nitriles is 1. The van der Waals surface area contributed by atoms with Gasteiger partial charge in [-0.3, -0.25) is 4.79 Å². The number of benzene rings is 3. The summed E-state index contributed by atoms with van der Waals surface area (Å²) in [6.07, 6.45) is 1.57. The molecule has 0 radical (unpaired) electrons. The van der Waals surface area contributed by atoms with Crippen molar-refractivity contribution in [2.24, 2.45) is 0 Å². The van der Waals surface area contributed by atoms with Gasteiger partial charge in [-0.2, -0.15) is 5.26 Å². The molecule has 0 heterocycles. The fourth-order valence-electron chi connectivity index (χ4n) is 2.67. The summed E-state index contributed by atoms with van der Waals surface area (Å²) in [6, 6.07) is 22.7. The maximum Gasteiger partial charge on any atom is 0.266 e. The van der Waals surface area contributed by atoms with Crippen LogP contribution in [-0.4, -0.2) is 12.5 Å². The van der Waals surface area contributed by atoms with Crippen LogP contribution in [0.5, 0.6) is 5.75 Å². The molecular weight excluding hydrogens is 324 g/mol. The van der Waals surface area contributed by atoms with Gasteiger partial charge in [0.2, 0.25) is 0 Å². The van der Waals surface area contributed by atoms with E-state index < -0.39 is 5.91 Å². The van der Waals surface area contributed by atoms with Gasteiger partial charge in [0.1, 0.15) is 17.4 Å². The highest BCUT2D eigenvalue weighted by Gasteiger charge is 2.11. The number of ether oxygens (including phenoxy) is 1. The van der Waals surface area contributed by atoms with Crippen LogP contribution in [0.2, 0.25) is 0 Å². The highest BCUT2D eigenvalue weighted by atomic mass is 16.5. The lowest BCUT2D eigenvalue weighted by atomic mass is 10.1. The summed E-state index contributed by atoms with van der Waals surface area (Å²) >= 11 is 0. The van der Waals surface area contributed by atoms with Crippen molar-refractivity contribution in [2.75, 3.05) is 11.9 Å². The number of anilines is 1. The second-order valence-corrected chi connectivity index (χ2v) is 5.65. The van der Waals surface area contributed by atoms with Crippen LogP contribution in [0, 0.1) is 11.3 Å². The Balaban J connectivity index is 1.83. The summed E-state index contributed by atoms with van der Waals surface area (Å²) in [4.78, 5) is 12.5. The molecule has 0 atom stereocenters. The first-order chi connectivity index (χ1) is 12.7. The van der Waals surface area contributed by atoms with Crippen LogP contribution in [0.4, 0.5) is 5.69 Å². The molecule has 26 heavy (non-hydrogen) atoms. The summed E-state index contributed by atoms with van der Waals surface area (Å²) in [5, 5.41) is 14.2. The van der Waals surface area contributed by atoms with Gasteiger partial charge in [0, 0.05) is 11.1 Å². The van der Waals surface area contributed by atoms with E-state index in [2.05, 4.69) is 5.32 Å². The van der Waals surface area contributed by atoms with Crippen molar-refractivity contribution >= 4 is 28.4 Å². The molecule has 4 nitrogen and oxygen atoms in total. The van der Waals surface area contributed by atoms with Crippen molar-refractivity contribution in [1.29, 1.82) is 5.26 Å². The average Bonchev–Trinajstić information content (AvgIpc) is 2.68. The summed E-state index contributed by atoms with van der Waals surface area (Å²) in [7, 11) is 0. The molecule has 1 amide bonds. The molecule has 0 bridgehead atoms. The highest BCUT2D eigenvalue weighted by molar-refractivity contribution is 6.12. The van der Waals surface area contributed by atoms with E-state index in [-0.39, 0.29) is 5.57 Å². The quantitative estimate of drug-likeness (QED) is 0.536. The zero-order chi connectivity index (χ0) is 18.4. The Hall–Kier alpha value is -3.58. The van der Waals surface area contributed by atoms with Gasteiger partial charge in [-0.05, 0) is 42.1 Å². The molecule has 0 saturated heterocycles. The monoisotopic (exact) mass is 342 g/mol. The zero-order valence-corrected chi connectivity index (χ0v) is 14.4. The van der Waals surface area contributed by atoms with E-state index in [1.54, 1.807) is 6.08 Å². The molecule has 4 heteroatoms. The number of fused-ring (bicyclic) bond motifs is 1. The van der Waals surface area contributed by atoms with Crippen LogP contribution in [0.15, 0.2) is 72.3 Å². The fraction of sp³-hybridized carbons (Fsp3) is 0.0909. The normalized spacial score (nSPS) is 11.0.